The summed E-state index contributed by atoms with van der Waals surface area (Å²) in [4.78, 5) is 52.0. The number of furan rings is 4. The molecule has 0 spiro atoms. The molecule has 0 aliphatic heterocycles. The first-order chi connectivity index (χ1) is 66.7. The van der Waals surface area contributed by atoms with Crippen molar-refractivity contribution in [3.05, 3.63) is 459 Å². The maximum Gasteiger partial charge on any atom is 0.139 e. The minimum atomic E-state index is -2.50. The molecule has 24 aromatic rings. The van der Waals surface area contributed by atoms with Gasteiger partial charge in [0.1, 0.15) is 22.3 Å². The summed E-state index contributed by atoms with van der Waals surface area (Å²) in [6, 6.07) is 120. The zero-order chi connectivity index (χ0) is 94.6. The summed E-state index contributed by atoms with van der Waals surface area (Å²) in [5.74, 6) is 0. The van der Waals surface area contributed by atoms with Gasteiger partial charge in [0.2, 0.25) is 0 Å². The van der Waals surface area contributed by atoms with Crippen LogP contribution >= 0.6 is 0 Å². The van der Waals surface area contributed by atoms with E-state index >= 15 is 0 Å². The fourth-order valence-corrected chi connectivity index (χ4v) is 13.9. The Balaban J connectivity index is 0.000000136. The van der Waals surface area contributed by atoms with Crippen molar-refractivity contribution >= 4 is 88.3 Å². The number of pyridine rings is 12. The molecule has 0 aliphatic carbocycles. The summed E-state index contributed by atoms with van der Waals surface area (Å²) in [6.07, 6.45) is 21.0. The van der Waals surface area contributed by atoms with Gasteiger partial charge in [0.15, 0.2) is 0 Å². The van der Waals surface area contributed by atoms with E-state index in [9.17, 15) is 0 Å². The van der Waals surface area contributed by atoms with E-state index in [1.54, 1.807) is 67.6 Å². The Morgan fingerprint density at radius 3 is 0.815 bits per heavy atom. The second-order valence-electron chi connectivity index (χ2n) is 30.0. The quantitative estimate of drug-likeness (QED) is 0.130. The summed E-state index contributed by atoms with van der Waals surface area (Å²) in [5, 5.41) is 3.99. The van der Waals surface area contributed by atoms with Gasteiger partial charge in [-0.15, -0.1) is 239 Å². The molecule has 0 atom stereocenters. The fourth-order valence-electron chi connectivity index (χ4n) is 13.9. The van der Waals surface area contributed by atoms with Crippen LogP contribution < -0.4 is 0 Å². The number of hydrogen-bond acceptors (Lipinski definition) is 16. The van der Waals surface area contributed by atoms with E-state index in [-0.39, 0.29) is 91.5 Å². The second kappa shape index (κ2) is 47.6. The van der Waals surface area contributed by atoms with E-state index in [2.05, 4.69) is 148 Å². The largest absolute Gasteiger partial charge is 0.499 e. The van der Waals surface area contributed by atoms with Crippen molar-refractivity contribution in [1.82, 2.24) is 59.8 Å². The van der Waals surface area contributed by atoms with Crippen molar-refractivity contribution in [3.8, 4) is 90.1 Å². The molecule has 8 aromatic carbocycles. The third-order valence-corrected chi connectivity index (χ3v) is 20.7. The predicted molar refractivity (Wildman–Crippen MR) is 522 cm³/mol. The molecular formula is C115H82Ir4N12O4-8. The normalized spacial score (nSPS) is 11.2. The molecule has 670 valence electrons. The summed E-state index contributed by atoms with van der Waals surface area (Å²) in [5.41, 5.74) is 30.0. The molecule has 0 bridgehead atoms. The predicted octanol–water partition coefficient (Wildman–Crippen LogP) is 27.7. The Labute approximate surface area is 844 Å². The molecule has 0 aliphatic rings. The number of fused-ring (bicyclic) bond motifs is 12. The van der Waals surface area contributed by atoms with Crippen molar-refractivity contribution in [1.29, 1.82) is 0 Å². The van der Waals surface area contributed by atoms with Crippen molar-refractivity contribution in [2.75, 3.05) is 0 Å². The summed E-state index contributed by atoms with van der Waals surface area (Å²) in [7, 11) is 0. The van der Waals surface area contributed by atoms with Gasteiger partial charge in [0.25, 0.3) is 0 Å². The van der Waals surface area contributed by atoms with E-state index in [0.29, 0.717) is 11.3 Å². The monoisotopic (exact) mass is 2470 g/mol. The standard InChI is InChI=1S/2C17H11N2O.2C16H9N2O.2C13H12N.C12H10N.C11H8N.4Ir/c2*1-11-6-8-18-14(9-11)12-4-5-15-13(10-12)17-16(20-15)3-2-7-19-17;2*1-2-8-17-13(4-1)11-6-7-14-12(10-11)16-15(19-14)5-3-9-18-16;2*1-10-8-13(14-9-11(10)2)12-6-4-3-5-7-12;1-10-7-8-12(13-9-10)11-5-3-2-4-6-11;1-2-6-10(7-3-1)11-8-4-5-9-12-11;;;;/h2*2-3,5-10H,1H3;2*1-5,7-10H;2*3-6,8-9H,1-2H3;2-5,7-9H,1H3;1-6,8-9H;;;;/q8*-1;;;;/i;;;;1D3,2D3;;;;;;;. The minimum Gasteiger partial charge on any atom is -0.499 e. The summed E-state index contributed by atoms with van der Waals surface area (Å²) in [6.45, 7) is 5.30. The van der Waals surface area contributed by atoms with Gasteiger partial charge in [-0.25, -0.2) is 0 Å². The van der Waals surface area contributed by atoms with Crippen LogP contribution in [0.2, 0.25) is 0 Å². The molecule has 4 radical (unpaired) electrons. The van der Waals surface area contributed by atoms with Crippen LogP contribution in [0.1, 0.15) is 47.2 Å². The Bertz CT molecular complexity index is 7870. The third-order valence-electron chi connectivity index (χ3n) is 20.7. The van der Waals surface area contributed by atoms with E-state index in [1.807, 2.05) is 286 Å². The number of benzene rings is 8. The topological polar surface area (TPSA) is 207 Å². The van der Waals surface area contributed by atoms with Gasteiger partial charge in [-0.1, -0.05) is 95.1 Å². The smallest absolute Gasteiger partial charge is 0.139 e. The van der Waals surface area contributed by atoms with Gasteiger partial charge in [-0.05, 0) is 211 Å². The maximum atomic E-state index is 7.50. The van der Waals surface area contributed by atoms with Crippen LogP contribution in [0.5, 0.6) is 0 Å². The number of aryl methyl sites for hydroxylation is 7. The molecule has 135 heavy (non-hydrogen) atoms. The van der Waals surface area contributed by atoms with Crippen LogP contribution in [-0.2, 0) is 80.4 Å². The summed E-state index contributed by atoms with van der Waals surface area (Å²) < 4.78 is 67.7. The molecule has 24 rings (SSSR count). The molecule has 0 unspecified atom stereocenters. The first-order valence-corrected chi connectivity index (χ1v) is 41.9. The number of rotatable bonds is 8. The van der Waals surface area contributed by atoms with Crippen LogP contribution in [0.4, 0.5) is 0 Å². The first-order valence-electron chi connectivity index (χ1n) is 44.9. The van der Waals surface area contributed by atoms with Crippen molar-refractivity contribution in [2.24, 2.45) is 0 Å². The average Bonchev–Trinajstić information content (AvgIpc) is 1.18. The minimum absolute atomic E-state index is 0. The van der Waals surface area contributed by atoms with E-state index in [4.69, 9.17) is 25.9 Å². The van der Waals surface area contributed by atoms with Gasteiger partial charge in [0.05, 0.1) is 44.4 Å². The Hall–Kier alpha value is -14.6. The number of hydrogen-bond donors (Lipinski definition) is 0. The van der Waals surface area contributed by atoms with E-state index in [1.165, 1.54) is 33.9 Å². The molecule has 0 saturated heterocycles. The van der Waals surface area contributed by atoms with Crippen molar-refractivity contribution < 1.29 is 106 Å². The molecule has 16 aromatic heterocycles. The van der Waals surface area contributed by atoms with Crippen molar-refractivity contribution in [2.45, 2.75) is 48.3 Å². The fraction of sp³-hybridized carbons (Fsp3) is 0.0609. The van der Waals surface area contributed by atoms with Crippen molar-refractivity contribution in [3.63, 3.8) is 0 Å². The zero-order valence-electron chi connectivity index (χ0n) is 79.1. The van der Waals surface area contributed by atoms with Crippen LogP contribution in [-0.4, -0.2) is 59.8 Å². The van der Waals surface area contributed by atoms with Crippen LogP contribution in [0, 0.1) is 96.9 Å². The number of nitrogens with zero attached hydrogens (tertiary/aromatic N) is 12. The summed E-state index contributed by atoms with van der Waals surface area (Å²) >= 11 is 0. The van der Waals surface area contributed by atoms with Crippen LogP contribution in [0.25, 0.3) is 178 Å². The SMILES string of the molecule is Cc1ccc(-c2[c-]cccc2)nc1.Cc1ccnc(-c2[c-]cc3oc4cccnc4c3c2)c1.Cc1ccnc(-c2[c-]cc3oc4cccnc4c3c2)c1.Cc1cnc(-c2[c-]cccc2)cc1C.[2H]C([2H])([2H])c1cnc(-c2[c-]cccc2)cc1C([2H])([2H])[2H].[Ir].[Ir].[Ir].[Ir].[c-]1cc2oc3cccnc3c2cc1-c1ccccn1.[c-]1cc2oc3cccnc3c2cc1-c1ccccn1.[c-]1ccccc1-c1ccccn1. The molecule has 20 heteroatoms. The van der Waals surface area contributed by atoms with E-state index < -0.39 is 13.7 Å². The third kappa shape index (κ3) is 24.8. The van der Waals surface area contributed by atoms with Gasteiger partial charge >= 0.3 is 0 Å². The first kappa shape index (κ1) is 89.6. The second-order valence-corrected chi connectivity index (χ2v) is 30.0. The average molecular weight is 2470 g/mol. The van der Waals surface area contributed by atoms with Gasteiger partial charge < -0.3 is 57.5 Å². The van der Waals surface area contributed by atoms with E-state index in [0.717, 1.165) is 173 Å². The zero-order valence-corrected chi connectivity index (χ0v) is 82.6. The molecule has 0 fully saturated rings. The van der Waals surface area contributed by atoms with Crippen LogP contribution in [0.15, 0.2) is 389 Å². The number of aromatic nitrogens is 12. The molecule has 16 heterocycles. The maximum absolute atomic E-state index is 7.50. The molecular weight excluding hydrogens is 2380 g/mol. The van der Waals surface area contributed by atoms with Gasteiger partial charge in [-0.3, -0.25) is 19.9 Å². The van der Waals surface area contributed by atoms with Crippen LogP contribution in [0.3, 0.4) is 0 Å². The molecule has 16 nitrogen and oxygen atoms in total. The molecule has 0 saturated carbocycles. The Kier molecular flexibility index (Phi) is 31.6. The van der Waals surface area contributed by atoms with Gasteiger partial charge in [-0.2, -0.15) is 0 Å². The van der Waals surface area contributed by atoms with Gasteiger partial charge in [0, 0.05) is 163 Å². The Morgan fingerprint density at radius 1 is 0.207 bits per heavy atom. The molecule has 0 N–H and O–H groups in total. The molecule has 0 amide bonds. The Morgan fingerprint density at radius 2 is 0.504 bits per heavy atom.